The average molecular weight is 262 g/mol. The summed E-state index contributed by atoms with van der Waals surface area (Å²) in [6.45, 7) is 3.26. The summed E-state index contributed by atoms with van der Waals surface area (Å²) in [5.41, 5.74) is 0.956. The van der Waals surface area contributed by atoms with E-state index in [-0.39, 0.29) is 6.10 Å². The zero-order valence-corrected chi connectivity index (χ0v) is 10.9. The smallest absolute Gasteiger partial charge is 0.0664 e. The quantitative estimate of drug-likeness (QED) is 0.824. The van der Waals surface area contributed by atoms with Crippen LogP contribution in [-0.4, -0.2) is 17.8 Å². The van der Waals surface area contributed by atoms with Gasteiger partial charge in [-0.2, -0.15) is 0 Å². The van der Waals surface area contributed by atoms with Gasteiger partial charge in [-0.1, -0.05) is 48.7 Å². The molecule has 2 nitrogen and oxygen atoms in total. The van der Waals surface area contributed by atoms with E-state index in [0.717, 1.165) is 18.4 Å². The molecule has 0 heterocycles. The number of benzene rings is 1. The monoisotopic (exact) mass is 261 g/mol. The summed E-state index contributed by atoms with van der Waals surface area (Å²) in [4.78, 5) is 0. The van der Waals surface area contributed by atoms with Crippen LogP contribution >= 0.6 is 23.2 Å². The maximum Gasteiger partial charge on any atom is 0.0664 e. The largest absolute Gasteiger partial charge is 0.392 e. The van der Waals surface area contributed by atoms with E-state index in [4.69, 9.17) is 23.2 Å². The van der Waals surface area contributed by atoms with E-state index in [1.807, 2.05) is 12.1 Å². The van der Waals surface area contributed by atoms with Crippen molar-refractivity contribution in [2.75, 3.05) is 6.54 Å². The van der Waals surface area contributed by atoms with E-state index < -0.39 is 0 Å². The molecule has 4 heteroatoms. The number of halogens is 2. The maximum absolute atomic E-state index is 9.53. The molecule has 1 aromatic rings. The Morgan fingerprint density at radius 1 is 1.38 bits per heavy atom. The van der Waals surface area contributed by atoms with E-state index in [0.29, 0.717) is 23.1 Å². The van der Waals surface area contributed by atoms with Gasteiger partial charge in [0.15, 0.2) is 0 Å². The van der Waals surface area contributed by atoms with Gasteiger partial charge in [-0.15, -0.1) is 0 Å². The fourth-order valence-corrected chi connectivity index (χ4v) is 1.88. The summed E-state index contributed by atoms with van der Waals surface area (Å²) in [6, 6.07) is 5.56. The predicted molar refractivity (Wildman–Crippen MR) is 69.1 cm³/mol. The third-order valence-electron chi connectivity index (χ3n) is 2.35. The van der Waals surface area contributed by atoms with E-state index in [9.17, 15) is 5.11 Å². The SMILES string of the molecule is CCCC(O)CNCc1cccc(Cl)c1Cl. The standard InChI is InChI=1S/C12H17Cl2NO/c1-2-4-10(16)8-15-7-9-5-3-6-11(13)12(9)14/h3,5-6,10,15-16H,2,4,7-8H2,1H3. The molecule has 0 aliphatic carbocycles. The van der Waals surface area contributed by atoms with Crippen LogP contribution in [0.1, 0.15) is 25.3 Å². The van der Waals surface area contributed by atoms with Gasteiger partial charge >= 0.3 is 0 Å². The second kappa shape index (κ2) is 7.13. The second-order valence-corrected chi connectivity index (χ2v) is 4.57. The van der Waals surface area contributed by atoms with Crippen molar-refractivity contribution in [1.82, 2.24) is 5.32 Å². The first-order valence-electron chi connectivity index (χ1n) is 5.46. The molecule has 2 N–H and O–H groups in total. The molecule has 0 spiro atoms. The summed E-state index contributed by atoms with van der Waals surface area (Å²) >= 11 is 11.9. The van der Waals surface area contributed by atoms with E-state index in [1.54, 1.807) is 6.07 Å². The number of hydrogen-bond acceptors (Lipinski definition) is 2. The number of rotatable bonds is 6. The molecule has 90 valence electrons. The van der Waals surface area contributed by atoms with E-state index in [1.165, 1.54) is 0 Å². The molecule has 0 aliphatic heterocycles. The first-order valence-corrected chi connectivity index (χ1v) is 6.22. The molecule has 0 radical (unpaired) electrons. The van der Waals surface area contributed by atoms with Crippen LogP contribution in [0.25, 0.3) is 0 Å². The molecule has 0 amide bonds. The molecule has 1 unspecified atom stereocenters. The molecule has 0 saturated carbocycles. The van der Waals surface area contributed by atoms with Gasteiger partial charge in [0.1, 0.15) is 0 Å². The minimum Gasteiger partial charge on any atom is -0.392 e. The van der Waals surface area contributed by atoms with Crippen molar-refractivity contribution in [2.45, 2.75) is 32.4 Å². The Balaban J connectivity index is 2.40. The van der Waals surface area contributed by atoms with Crippen LogP contribution in [0.15, 0.2) is 18.2 Å². The summed E-state index contributed by atoms with van der Waals surface area (Å²) in [5.74, 6) is 0. The number of hydrogen-bond donors (Lipinski definition) is 2. The fraction of sp³-hybridized carbons (Fsp3) is 0.500. The zero-order valence-electron chi connectivity index (χ0n) is 9.34. The van der Waals surface area contributed by atoms with Crippen molar-refractivity contribution < 1.29 is 5.11 Å². The molecule has 1 rings (SSSR count). The summed E-state index contributed by atoms with van der Waals surface area (Å²) in [5, 5.41) is 13.8. The number of aliphatic hydroxyl groups excluding tert-OH is 1. The Labute approximate surface area is 107 Å². The van der Waals surface area contributed by atoms with Crippen LogP contribution in [0.5, 0.6) is 0 Å². The highest BCUT2D eigenvalue weighted by Crippen LogP contribution is 2.25. The van der Waals surface area contributed by atoms with Gasteiger partial charge in [-0.05, 0) is 18.1 Å². The number of aliphatic hydroxyl groups is 1. The van der Waals surface area contributed by atoms with Crippen LogP contribution < -0.4 is 5.32 Å². The lowest BCUT2D eigenvalue weighted by molar-refractivity contribution is 0.160. The van der Waals surface area contributed by atoms with Crippen LogP contribution in [0.2, 0.25) is 10.0 Å². The Morgan fingerprint density at radius 3 is 2.81 bits per heavy atom. The summed E-state index contributed by atoms with van der Waals surface area (Å²) in [6.07, 6.45) is 1.51. The van der Waals surface area contributed by atoms with Crippen LogP contribution in [-0.2, 0) is 6.54 Å². The molecule has 0 bridgehead atoms. The molecule has 16 heavy (non-hydrogen) atoms. The Bertz CT molecular complexity index is 331. The molecule has 0 saturated heterocycles. The van der Waals surface area contributed by atoms with Gasteiger partial charge in [-0.25, -0.2) is 0 Å². The van der Waals surface area contributed by atoms with Crippen molar-refractivity contribution in [3.05, 3.63) is 33.8 Å². The van der Waals surface area contributed by atoms with Gasteiger partial charge in [0.05, 0.1) is 16.1 Å². The maximum atomic E-state index is 9.53. The Morgan fingerprint density at radius 2 is 2.12 bits per heavy atom. The van der Waals surface area contributed by atoms with E-state index >= 15 is 0 Å². The lowest BCUT2D eigenvalue weighted by Crippen LogP contribution is -2.26. The van der Waals surface area contributed by atoms with Crippen molar-refractivity contribution in [2.24, 2.45) is 0 Å². The first-order chi connectivity index (χ1) is 7.65. The van der Waals surface area contributed by atoms with Gasteiger partial charge in [0, 0.05) is 13.1 Å². The summed E-state index contributed by atoms with van der Waals surface area (Å²) < 4.78 is 0. The van der Waals surface area contributed by atoms with Gasteiger partial charge < -0.3 is 10.4 Å². The van der Waals surface area contributed by atoms with Crippen molar-refractivity contribution in [1.29, 1.82) is 0 Å². The van der Waals surface area contributed by atoms with Gasteiger partial charge in [0.25, 0.3) is 0 Å². The minimum absolute atomic E-state index is 0.289. The minimum atomic E-state index is -0.289. The molecular formula is C12H17Cl2NO. The highest BCUT2D eigenvalue weighted by atomic mass is 35.5. The molecule has 1 atom stereocenters. The lowest BCUT2D eigenvalue weighted by atomic mass is 10.2. The predicted octanol–water partition coefficient (Wildman–Crippen LogP) is 3.24. The van der Waals surface area contributed by atoms with Crippen LogP contribution in [0.3, 0.4) is 0 Å². The van der Waals surface area contributed by atoms with Crippen molar-refractivity contribution in [3.63, 3.8) is 0 Å². The Kier molecular flexibility index (Phi) is 6.14. The highest BCUT2D eigenvalue weighted by molar-refractivity contribution is 6.42. The normalized spacial score (nSPS) is 12.8. The topological polar surface area (TPSA) is 32.3 Å². The third kappa shape index (κ3) is 4.30. The number of nitrogens with one attached hydrogen (secondary N) is 1. The molecular weight excluding hydrogens is 245 g/mol. The summed E-state index contributed by atoms with van der Waals surface area (Å²) in [7, 11) is 0. The van der Waals surface area contributed by atoms with Crippen LogP contribution in [0.4, 0.5) is 0 Å². The average Bonchev–Trinajstić information content (AvgIpc) is 2.25. The van der Waals surface area contributed by atoms with E-state index in [2.05, 4.69) is 12.2 Å². The first kappa shape index (κ1) is 13.8. The fourth-order valence-electron chi connectivity index (χ4n) is 1.49. The highest BCUT2D eigenvalue weighted by Gasteiger charge is 2.05. The molecule has 1 aromatic carbocycles. The molecule has 0 aliphatic rings. The van der Waals surface area contributed by atoms with Crippen LogP contribution in [0, 0.1) is 0 Å². The lowest BCUT2D eigenvalue weighted by Gasteiger charge is -2.11. The van der Waals surface area contributed by atoms with Crippen molar-refractivity contribution in [3.8, 4) is 0 Å². The zero-order chi connectivity index (χ0) is 12.0. The third-order valence-corrected chi connectivity index (χ3v) is 3.21. The van der Waals surface area contributed by atoms with Crippen molar-refractivity contribution >= 4 is 23.2 Å². The second-order valence-electron chi connectivity index (χ2n) is 3.79. The van der Waals surface area contributed by atoms with Gasteiger partial charge in [0.2, 0.25) is 0 Å². The molecule has 0 aromatic heterocycles. The molecule has 0 fully saturated rings. The van der Waals surface area contributed by atoms with Gasteiger partial charge in [-0.3, -0.25) is 0 Å². The Hall–Kier alpha value is -0.280.